The fraction of sp³-hybridized carbons (Fsp3) is 0.304. The molecule has 1 aliphatic rings. The van der Waals surface area contributed by atoms with Gasteiger partial charge in [0.05, 0.1) is 13.2 Å². The number of rotatable bonds is 6. The summed E-state index contributed by atoms with van der Waals surface area (Å²) in [6.45, 7) is 1.22. The van der Waals surface area contributed by atoms with E-state index in [4.69, 9.17) is 9.47 Å². The predicted molar refractivity (Wildman–Crippen MR) is 112 cm³/mol. The predicted octanol–water partition coefficient (Wildman–Crippen LogP) is 3.06. The number of benzene rings is 2. The maximum Gasteiger partial charge on any atom is 0.237 e. The Morgan fingerprint density at radius 3 is 3.00 bits per heavy atom. The van der Waals surface area contributed by atoms with Crippen LogP contribution < -0.4 is 20.1 Å². The van der Waals surface area contributed by atoms with Gasteiger partial charge in [0.15, 0.2) is 0 Å². The molecule has 150 valence electrons. The molecule has 2 heterocycles. The maximum absolute atomic E-state index is 12.6. The molecule has 2 N–H and O–H groups in total. The molecule has 2 atom stereocenters. The zero-order chi connectivity index (χ0) is 20.1. The van der Waals surface area contributed by atoms with Crippen molar-refractivity contribution in [3.8, 4) is 11.5 Å². The minimum atomic E-state index is -0.260. The number of nitrogens with zero attached hydrogens (tertiary/aromatic N) is 1. The van der Waals surface area contributed by atoms with Gasteiger partial charge in [0, 0.05) is 30.7 Å². The van der Waals surface area contributed by atoms with Crippen molar-refractivity contribution in [3.63, 3.8) is 0 Å². The normalized spacial score (nSPS) is 18.9. The van der Waals surface area contributed by atoms with Gasteiger partial charge in [-0.05, 0) is 60.3 Å². The monoisotopic (exact) mass is 391 g/mol. The quantitative estimate of drug-likeness (QED) is 0.676. The second-order valence-electron chi connectivity index (χ2n) is 7.22. The Morgan fingerprint density at radius 2 is 2.10 bits per heavy atom. The Kier molecular flexibility index (Phi) is 5.91. The molecule has 3 aromatic rings. The smallest absolute Gasteiger partial charge is 0.237 e. The van der Waals surface area contributed by atoms with E-state index in [-0.39, 0.29) is 18.1 Å². The van der Waals surface area contributed by atoms with Gasteiger partial charge in [-0.3, -0.25) is 9.78 Å². The van der Waals surface area contributed by atoms with Crippen molar-refractivity contribution >= 4 is 16.7 Å². The molecule has 2 aromatic carbocycles. The van der Waals surface area contributed by atoms with Crippen LogP contribution in [0.5, 0.6) is 11.5 Å². The highest BCUT2D eigenvalue weighted by atomic mass is 16.5. The van der Waals surface area contributed by atoms with Crippen LogP contribution >= 0.6 is 0 Å². The molecule has 0 saturated carbocycles. The van der Waals surface area contributed by atoms with Crippen molar-refractivity contribution in [3.05, 3.63) is 66.5 Å². The van der Waals surface area contributed by atoms with E-state index >= 15 is 0 Å². The fourth-order valence-corrected chi connectivity index (χ4v) is 3.61. The zero-order valence-corrected chi connectivity index (χ0v) is 16.4. The molecule has 1 fully saturated rings. The highest BCUT2D eigenvalue weighted by Crippen LogP contribution is 2.23. The third kappa shape index (κ3) is 4.84. The number of piperidine rings is 1. The van der Waals surface area contributed by atoms with E-state index in [1.165, 1.54) is 0 Å². The minimum absolute atomic E-state index is 0.00288. The summed E-state index contributed by atoms with van der Waals surface area (Å²) in [5.41, 5.74) is 1.01. The van der Waals surface area contributed by atoms with Gasteiger partial charge in [-0.25, -0.2) is 0 Å². The first-order valence-corrected chi connectivity index (χ1v) is 9.86. The first-order valence-electron chi connectivity index (χ1n) is 9.86. The molecule has 0 spiro atoms. The van der Waals surface area contributed by atoms with Crippen molar-refractivity contribution in [2.24, 2.45) is 0 Å². The summed E-state index contributed by atoms with van der Waals surface area (Å²) in [6, 6.07) is 15.4. The molecule has 1 amide bonds. The zero-order valence-electron chi connectivity index (χ0n) is 16.4. The molecule has 29 heavy (non-hydrogen) atoms. The van der Waals surface area contributed by atoms with Crippen LogP contribution in [0.15, 0.2) is 60.9 Å². The largest absolute Gasteiger partial charge is 0.497 e. The number of hydrogen-bond acceptors (Lipinski definition) is 5. The molecule has 0 aliphatic carbocycles. The van der Waals surface area contributed by atoms with Crippen LogP contribution in [0, 0.1) is 0 Å². The maximum atomic E-state index is 12.6. The fourth-order valence-electron chi connectivity index (χ4n) is 3.61. The molecule has 0 radical (unpaired) electrons. The van der Waals surface area contributed by atoms with Crippen LogP contribution in [-0.2, 0) is 11.3 Å². The van der Waals surface area contributed by atoms with Crippen molar-refractivity contribution in [1.29, 1.82) is 0 Å². The lowest BCUT2D eigenvalue weighted by molar-refractivity contribution is -0.124. The van der Waals surface area contributed by atoms with Gasteiger partial charge in [0.25, 0.3) is 0 Å². The van der Waals surface area contributed by atoms with Crippen LogP contribution in [0.1, 0.15) is 18.4 Å². The Hall–Kier alpha value is -3.12. The van der Waals surface area contributed by atoms with E-state index in [0.29, 0.717) is 13.0 Å². The Bertz CT molecular complexity index is 992. The summed E-state index contributed by atoms with van der Waals surface area (Å²) in [4.78, 5) is 16.8. The molecule has 1 aromatic heterocycles. The molecular formula is C23H25N3O3. The summed E-state index contributed by atoms with van der Waals surface area (Å²) in [5, 5.41) is 8.49. The van der Waals surface area contributed by atoms with Crippen molar-refractivity contribution < 1.29 is 14.3 Å². The SMILES string of the molecule is COc1cccc(CNC(=O)[C@H]2C[C@H](Oc3ccc4cnccc4c3)CCN2)c1. The number of aromatic nitrogens is 1. The highest BCUT2D eigenvalue weighted by Gasteiger charge is 2.28. The third-order valence-electron chi connectivity index (χ3n) is 5.19. The Labute approximate surface area is 170 Å². The van der Waals surface area contributed by atoms with E-state index in [2.05, 4.69) is 15.6 Å². The van der Waals surface area contributed by atoms with Crippen LogP contribution in [-0.4, -0.2) is 36.7 Å². The number of carbonyl (C=O) groups is 1. The number of carbonyl (C=O) groups excluding carboxylic acids is 1. The van der Waals surface area contributed by atoms with Crippen LogP contribution in [0.25, 0.3) is 10.8 Å². The van der Waals surface area contributed by atoms with Crippen molar-refractivity contribution in [1.82, 2.24) is 15.6 Å². The Balaban J connectivity index is 1.33. The van der Waals surface area contributed by atoms with Crippen LogP contribution in [0.2, 0.25) is 0 Å². The average molecular weight is 391 g/mol. The molecule has 6 heteroatoms. The number of ether oxygens (including phenoxy) is 2. The number of pyridine rings is 1. The number of methoxy groups -OCH3 is 1. The second kappa shape index (κ2) is 8.92. The van der Waals surface area contributed by atoms with Gasteiger partial charge < -0.3 is 20.1 Å². The van der Waals surface area contributed by atoms with Gasteiger partial charge in [-0.2, -0.15) is 0 Å². The van der Waals surface area contributed by atoms with E-state index in [9.17, 15) is 4.79 Å². The molecule has 6 nitrogen and oxygen atoms in total. The number of amides is 1. The minimum Gasteiger partial charge on any atom is -0.497 e. The van der Waals surface area contributed by atoms with E-state index in [0.717, 1.165) is 40.8 Å². The average Bonchev–Trinajstić information content (AvgIpc) is 2.77. The first-order chi connectivity index (χ1) is 14.2. The van der Waals surface area contributed by atoms with Crippen molar-refractivity contribution in [2.75, 3.05) is 13.7 Å². The number of nitrogens with one attached hydrogen (secondary N) is 2. The number of hydrogen-bond donors (Lipinski definition) is 2. The summed E-state index contributed by atoms with van der Waals surface area (Å²) in [6.07, 6.45) is 5.13. The van der Waals surface area contributed by atoms with Crippen LogP contribution in [0.4, 0.5) is 0 Å². The first kappa shape index (κ1) is 19.2. The summed E-state index contributed by atoms with van der Waals surface area (Å²) < 4.78 is 11.4. The summed E-state index contributed by atoms with van der Waals surface area (Å²) >= 11 is 0. The van der Waals surface area contributed by atoms with Crippen molar-refractivity contribution in [2.45, 2.75) is 31.5 Å². The molecular weight excluding hydrogens is 366 g/mol. The highest BCUT2D eigenvalue weighted by molar-refractivity contribution is 5.83. The van der Waals surface area contributed by atoms with Gasteiger partial charge in [0.1, 0.15) is 17.6 Å². The summed E-state index contributed by atoms with van der Waals surface area (Å²) in [5.74, 6) is 1.60. The van der Waals surface area contributed by atoms with E-state index in [1.807, 2.05) is 54.7 Å². The van der Waals surface area contributed by atoms with E-state index < -0.39 is 0 Å². The lowest BCUT2D eigenvalue weighted by atomic mass is 10.0. The number of fused-ring (bicyclic) bond motifs is 1. The van der Waals surface area contributed by atoms with E-state index in [1.54, 1.807) is 13.3 Å². The third-order valence-corrected chi connectivity index (χ3v) is 5.19. The lowest BCUT2D eigenvalue weighted by Crippen LogP contribution is -2.50. The van der Waals surface area contributed by atoms with Crippen LogP contribution in [0.3, 0.4) is 0 Å². The standard InChI is InChI=1S/C23H25N3O3/c1-28-19-4-2-3-16(11-19)14-26-23(27)22-13-21(8-10-25-22)29-20-6-5-18-15-24-9-7-17(18)12-20/h2-7,9,11-12,15,21-22,25H,8,10,13-14H2,1H3,(H,26,27)/t21-,22-/m1/s1. The molecule has 0 bridgehead atoms. The van der Waals surface area contributed by atoms with Gasteiger partial charge in [0.2, 0.25) is 5.91 Å². The lowest BCUT2D eigenvalue weighted by Gasteiger charge is -2.30. The topological polar surface area (TPSA) is 72.5 Å². The second-order valence-corrected chi connectivity index (χ2v) is 7.22. The molecule has 4 rings (SSSR count). The van der Waals surface area contributed by atoms with Gasteiger partial charge >= 0.3 is 0 Å². The molecule has 1 aliphatic heterocycles. The molecule has 1 saturated heterocycles. The Morgan fingerprint density at radius 1 is 1.17 bits per heavy atom. The molecule has 0 unspecified atom stereocenters. The summed E-state index contributed by atoms with van der Waals surface area (Å²) in [7, 11) is 1.64. The van der Waals surface area contributed by atoms with Gasteiger partial charge in [-0.1, -0.05) is 12.1 Å². The van der Waals surface area contributed by atoms with Gasteiger partial charge in [-0.15, -0.1) is 0 Å².